The molecule has 1 aromatic heterocycles. The lowest BCUT2D eigenvalue weighted by Gasteiger charge is -2.32. The highest BCUT2D eigenvalue weighted by Crippen LogP contribution is 2.38. The van der Waals surface area contributed by atoms with Crippen molar-refractivity contribution in [1.82, 2.24) is 25.2 Å². The van der Waals surface area contributed by atoms with E-state index in [1.165, 1.54) is 14.2 Å². The van der Waals surface area contributed by atoms with Crippen LogP contribution in [0.15, 0.2) is 103 Å². The molecule has 2 amide bonds. The maximum atomic E-state index is 14.2. The fourth-order valence-corrected chi connectivity index (χ4v) is 4.82. The number of methoxy groups -OCH3 is 2. The number of ether oxygens (including phenoxy) is 2. The van der Waals surface area contributed by atoms with Crippen LogP contribution in [-0.2, 0) is 29.2 Å². The smallest absolute Gasteiger partial charge is 0.247 e. The number of hydrogen-bond donors (Lipinski definition) is 1. The van der Waals surface area contributed by atoms with Crippen molar-refractivity contribution in [2.75, 3.05) is 14.2 Å². The van der Waals surface area contributed by atoms with Gasteiger partial charge in [0, 0.05) is 18.7 Å². The van der Waals surface area contributed by atoms with Gasteiger partial charge in [0.05, 0.1) is 19.7 Å². The van der Waals surface area contributed by atoms with Gasteiger partial charge in [-0.3, -0.25) is 9.59 Å². The van der Waals surface area contributed by atoms with Crippen LogP contribution in [0, 0.1) is 0 Å². The molecule has 0 bridgehead atoms. The third-order valence-corrected chi connectivity index (χ3v) is 6.82. The first kappa shape index (κ1) is 27.4. The fraction of sp³-hybridized carbons (Fsp3) is 0.188. The minimum absolute atomic E-state index is 0.109. The lowest BCUT2D eigenvalue weighted by atomic mass is 10.0. The molecule has 1 N–H and O–H groups in total. The molecular weight excluding hydrogens is 518 g/mol. The van der Waals surface area contributed by atoms with Crippen molar-refractivity contribution in [2.45, 2.75) is 25.7 Å². The first-order valence-electron chi connectivity index (χ1n) is 13.2. The van der Waals surface area contributed by atoms with Gasteiger partial charge in [0.2, 0.25) is 11.8 Å². The molecule has 0 radical (unpaired) electrons. The lowest BCUT2D eigenvalue weighted by Crippen LogP contribution is -2.44. The molecule has 5 rings (SSSR count). The van der Waals surface area contributed by atoms with E-state index in [9.17, 15) is 9.59 Å². The normalized spacial score (nSPS) is 11.6. The summed E-state index contributed by atoms with van der Waals surface area (Å²) >= 11 is 0. The molecule has 1 unspecified atom stereocenters. The second-order valence-electron chi connectivity index (χ2n) is 9.43. The number of nitrogens with one attached hydrogen (secondary N) is 1. The quantitative estimate of drug-likeness (QED) is 0.260. The number of aromatic nitrogens is 3. The molecule has 1 heterocycles. The largest absolute Gasteiger partial charge is 0.493 e. The van der Waals surface area contributed by atoms with Crippen LogP contribution in [0.2, 0.25) is 0 Å². The van der Waals surface area contributed by atoms with E-state index in [1.807, 2.05) is 84.9 Å². The Hall–Kier alpha value is -5.18. The van der Waals surface area contributed by atoms with E-state index in [0.717, 1.165) is 16.6 Å². The average Bonchev–Trinajstić information content (AvgIpc) is 3.43. The highest BCUT2D eigenvalue weighted by Gasteiger charge is 2.35. The van der Waals surface area contributed by atoms with Gasteiger partial charge in [-0.2, -0.15) is 0 Å². The Balaban J connectivity index is 1.57. The summed E-state index contributed by atoms with van der Waals surface area (Å²) in [6, 6.07) is 30.9. The zero-order chi connectivity index (χ0) is 28.6. The van der Waals surface area contributed by atoms with Gasteiger partial charge in [0.25, 0.3) is 0 Å². The molecule has 41 heavy (non-hydrogen) atoms. The van der Waals surface area contributed by atoms with Crippen LogP contribution in [0.5, 0.6) is 11.5 Å². The zero-order valence-electron chi connectivity index (χ0n) is 22.9. The SMILES string of the molecule is COc1cccc(C(C(=O)NCc2ccccc2)N(Cc2ccccc2)C(=O)Cn2nnc3ccccc32)c1OC. The highest BCUT2D eigenvalue weighted by molar-refractivity contribution is 5.90. The molecule has 0 aliphatic carbocycles. The van der Waals surface area contributed by atoms with Gasteiger partial charge in [-0.25, -0.2) is 4.68 Å². The number of carbonyl (C=O) groups excluding carboxylic acids is 2. The second-order valence-corrected chi connectivity index (χ2v) is 9.43. The molecule has 0 saturated carbocycles. The third kappa shape index (κ3) is 6.19. The number of benzene rings is 4. The van der Waals surface area contributed by atoms with Crippen molar-refractivity contribution >= 4 is 22.8 Å². The number of para-hydroxylation sites is 2. The van der Waals surface area contributed by atoms with Gasteiger partial charge in [-0.05, 0) is 29.3 Å². The van der Waals surface area contributed by atoms with E-state index < -0.39 is 6.04 Å². The summed E-state index contributed by atoms with van der Waals surface area (Å²) in [5, 5.41) is 11.4. The lowest BCUT2D eigenvalue weighted by molar-refractivity contribution is -0.142. The summed E-state index contributed by atoms with van der Waals surface area (Å²) in [6.45, 7) is 0.363. The summed E-state index contributed by atoms with van der Waals surface area (Å²) in [5.74, 6) is 0.176. The fourth-order valence-electron chi connectivity index (χ4n) is 4.82. The van der Waals surface area contributed by atoms with E-state index in [4.69, 9.17) is 9.47 Å². The van der Waals surface area contributed by atoms with Gasteiger partial charge in [-0.1, -0.05) is 90.1 Å². The Labute approximate surface area is 238 Å². The number of rotatable bonds is 11. The highest BCUT2D eigenvalue weighted by atomic mass is 16.5. The van der Waals surface area contributed by atoms with E-state index in [2.05, 4.69) is 15.6 Å². The minimum Gasteiger partial charge on any atom is -0.493 e. The summed E-state index contributed by atoms with van der Waals surface area (Å²) in [6.07, 6.45) is 0. The van der Waals surface area contributed by atoms with Crippen molar-refractivity contribution in [1.29, 1.82) is 0 Å². The van der Waals surface area contributed by atoms with Crippen LogP contribution in [0.3, 0.4) is 0 Å². The topological polar surface area (TPSA) is 98.6 Å². The number of fused-ring (bicyclic) bond motifs is 1. The zero-order valence-corrected chi connectivity index (χ0v) is 22.9. The second kappa shape index (κ2) is 12.8. The van der Waals surface area contributed by atoms with Crippen LogP contribution in [0.1, 0.15) is 22.7 Å². The molecule has 0 aliphatic heterocycles. The van der Waals surface area contributed by atoms with Crippen molar-refractivity contribution in [3.05, 3.63) is 120 Å². The molecule has 208 valence electrons. The van der Waals surface area contributed by atoms with Crippen molar-refractivity contribution in [3.63, 3.8) is 0 Å². The Morgan fingerprint density at radius 2 is 1.51 bits per heavy atom. The van der Waals surface area contributed by atoms with Crippen molar-refractivity contribution < 1.29 is 19.1 Å². The molecule has 1 atom stereocenters. The number of amides is 2. The summed E-state index contributed by atoms with van der Waals surface area (Å²) in [4.78, 5) is 29.8. The van der Waals surface area contributed by atoms with Crippen molar-refractivity contribution in [2.24, 2.45) is 0 Å². The van der Waals surface area contributed by atoms with Crippen LogP contribution in [0.25, 0.3) is 11.0 Å². The van der Waals surface area contributed by atoms with Crippen LogP contribution >= 0.6 is 0 Å². The molecule has 0 aliphatic rings. The van der Waals surface area contributed by atoms with Gasteiger partial charge >= 0.3 is 0 Å². The van der Waals surface area contributed by atoms with Gasteiger partial charge in [0.1, 0.15) is 18.1 Å². The molecule has 9 nitrogen and oxygen atoms in total. The predicted molar refractivity (Wildman–Crippen MR) is 155 cm³/mol. The summed E-state index contributed by atoms with van der Waals surface area (Å²) < 4.78 is 12.8. The monoisotopic (exact) mass is 549 g/mol. The van der Waals surface area contributed by atoms with E-state index >= 15 is 0 Å². The van der Waals surface area contributed by atoms with Crippen molar-refractivity contribution in [3.8, 4) is 11.5 Å². The maximum absolute atomic E-state index is 14.2. The molecule has 0 fully saturated rings. The first-order valence-corrected chi connectivity index (χ1v) is 13.2. The molecular formula is C32H31N5O4. The predicted octanol–water partition coefficient (Wildman–Crippen LogP) is 4.54. The maximum Gasteiger partial charge on any atom is 0.247 e. The van der Waals surface area contributed by atoms with Gasteiger partial charge in [-0.15, -0.1) is 5.10 Å². The molecule has 0 saturated heterocycles. The molecule has 4 aromatic carbocycles. The van der Waals surface area contributed by atoms with Crippen LogP contribution < -0.4 is 14.8 Å². The average molecular weight is 550 g/mol. The van der Waals surface area contributed by atoms with Crippen LogP contribution in [-0.4, -0.2) is 45.9 Å². The Kier molecular flexibility index (Phi) is 8.54. The molecule has 0 spiro atoms. The Bertz CT molecular complexity index is 1620. The first-order chi connectivity index (χ1) is 20.1. The Morgan fingerprint density at radius 1 is 0.829 bits per heavy atom. The van der Waals surface area contributed by atoms with E-state index in [1.54, 1.807) is 27.8 Å². The number of hydrogen-bond acceptors (Lipinski definition) is 6. The van der Waals surface area contributed by atoms with E-state index in [-0.39, 0.29) is 24.9 Å². The standard InChI is InChI=1S/C32H31N5O4/c1-40-28-19-11-16-25(31(28)41-2)30(32(39)33-20-23-12-5-3-6-13-23)36(21-24-14-7-4-8-15-24)29(38)22-37-27-18-10-9-17-26(27)34-35-37/h3-19,30H,20-22H2,1-2H3,(H,33,39). The van der Waals surface area contributed by atoms with Gasteiger partial charge in [0.15, 0.2) is 11.5 Å². The van der Waals surface area contributed by atoms with E-state index in [0.29, 0.717) is 29.1 Å². The minimum atomic E-state index is -1.04. The molecule has 9 heteroatoms. The molecule has 5 aromatic rings. The summed E-state index contributed by atoms with van der Waals surface area (Å²) in [5.41, 5.74) is 3.72. The third-order valence-electron chi connectivity index (χ3n) is 6.82. The number of nitrogens with zero attached hydrogens (tertiary/aromatic N) is 4. The summed E-state index contributed by atoms with van der Waals surface area (Å²) in [7, 11) is 3.06. The van der Waals surface area contributed by atoms with Gasteiger partial charge < -0.3 is 19.7 Å². The number of carbonyl (C=O) groups is 2. The van der Waals surface area contributed by atoms with Crippen LogP contribution in [0.4, 0.5) is 0 Å². The Morgan fingerprint density at radius 3 is 2.22 bits per heavy atom.